The highest BCUT2D eigenvalue weighted by atomic mass is 16.5. The fraction of sp³-hybridized carbons (Fsp3) is 0.200. The summed E-state index contributed by atoms with van der Waals surface area (Å²) >= 11 is 0. The number of carbonyl (C=O) groups is 2. The number of aromatic nitrogens is 2. The Balaban J connectivity index is 1.56. The van der Waals surface area contributed by atoms with Gasteiger partial charge in [-0.1, -0.05) is 47.1 Å². The Hall–Kier alpha value is -4.00. The van der Waals surface area contributed by atoms with Crippen LogP contribution in [0.2, 0.25) is 0 Å². The number of fused-ring (bicyclic) bond motifs is 1. The fourth-order valence-corrected chi connectivity index (χ4v) is 4.05. The summed E-state index contributed by atoms with van der Waals surface area (Å²) in [6.45, 7) is 4.45. The molecule has 3 heterocycles. The zero-order chi connectivity index (χ0) is 22.2. The summed E-state index contributed by atoms with van der Waals surface area (Å²) < 4.78 is 5.40. The zero-order valence-corrected chi connectivity index (χ0v) is 17.9. The number of rotatable bonds is 4. The minimum Gasteiger partial charge on any atom is -0.335 e. The van der Waals surface area contributed by atoms with Gasteiger partial charge in [0.1, 0.15) is 0 Å². The fourth-order valence-electron chi connectivity index (χ4n) is 4.05. The van der Waals surface area contributed by atoms with Crippen LogP contribution in [0.3, 0.4) is 0 Å². The lowest BCUT2D eigenvalue weighted by Gasteiger charge is -2.20. The lowest BCUT2D eigenvalue weighted by atomic mass is 10.0. The van der Waals surface area contributed by atoms with Crippen molar-refractivity contribution in [3.8, 4) is 11.3 Å². The van der Waals surface area contributed by atoms with E-state index < -0.39 is 0 Å². The van der Waals surface area contributed by atoms with Gasteiger partial charge in [-0.25, -0.2) is 4.98 Å². The third-order valence-electron chi connectivity index (χ3n) is 5.73. The molecule has 0 bridgehead atoms. The van der Waals surface area contributed by atoms with Gasteiger partial charge in [0.05, 0.1) is 33.7 Å². The maximum atomic E-state index is 13.5. The van der Waals surface area contributed by atoms with Crippen LogP contribution in [0.1, 0.15) is 34.5 Å². The predicted molar refractivity (Wildman–Crippen MR) is 123 cm³/mol. The van der Waals surface area contributed by atoms with Crippen LogP contribution in [0.25, 0.3) is 22.4 Å². The Morgan fingerprint density at radius 2 is 1.88 bits per heavy atom. The van der Waals surface area contributed by atoms with Crippen molar-refractivity contribution in [3.05, 3.63) is 71.4 Å². The van der Waals surface area contributed by atoms with Crippen LogP contribution in [0.4, 0.5) is 11.4 Å². The third-order valence-corrected chi connectivity index (χ3v) is 5.73. The third kappa shape index (κ3) is 3.51. The second-order valence-electron chi connectivity index (χ2n) is 7.99. The topological polar surface area (TPSA) is 88.3 Å². The van der Waals surface area contributed by atoms with E-state index in [1.54, 1.807) is 24.0 Å². The number of carbonyl (C=O) groups excluding carboxylic acids is 2. The van der Waals surface area contributed by atoms with E-state index in [1.807, 2.05) is 49.4 Å². The van der Waals surface area contributed by atoms with Gasteiger partial charge in [-0.2, -0.15) is 0 Å². The number of hydrogen-bond acceptors (Lipinski definition) is 5. The quantitative estimate of drug-likeness (QED) is 0.502. The van der Waals surface area contributed by atoms with Crippen LogP contribution in [-0.4, -0.2) is 28.5 Å². The summed E-state index contributed by atoms with van der Waals surface area (Å²) in [7, 11) is 0. The SMILES string of the molecule is Cc1ccc(-c2cc(C(=O)Nc3ccccc3N3CCCC3=O)c3c(C)noc3n2)cc1. The normalized spacial score (nSPS) is 13.7. The monoisotopic (exact) mass is 426 g/mol. The molecule has 0 atom stereocenters. The smallest absolute Gasteiger partial charge is 0.259 e. The van der Waals surface area contributed by atoms with Crippen LogP contribution in [-0.2, 0) is 4.79 Å². The van der Waals surface area contributed by atoms with Crippen molar-refractivity contribution in [1.29, 1.82) is 0 Å². The van der Waals surface area contributed by atoms with Crippen LogP contribution in [0, 0.1) is 13.8 Å². The molecule has 7 heteroatoms. The summed E-state index contributed by atoms with van der Waals surface area (Å²) in [5.74, 6) is -0.245. The molecule has 32 heavy (non-hydrogen) atoms. The van der Waals surface area contributed by atoms with E-state index in [2.05, 4.69) is 15.5 Å². The molecule has 7 nitrogen and oxygen atoms in total. The molecule has 2 amide bonds. The number of nitrogens with zero attached hydrogens (tertiary/aromatic N) is 3. The second-order valence-corrected chi connectivity index (χ2v) is 7.99. The lowest BCUT2D eigenvalue weighted by Crippen LogP contribution is -2.25. The van der Waals surface area contributed by atoms with Crippen molar-refractivity contribution in [1.82, 2.24) is 10.1 Å². The summed E-state index contributed by atoms with van der Waals surface area (Å²) in [5, 5.41) is 7.58. The van der Waals surface area contributed by atoms with Crippen molar-refractivity contribution < 1.29 is 14.1 Å². The second kappa shape index (κ2) is 7.92. The first-order chi connectivity index (χ1) is 15.5. The van der Waals surface area contributed by atoms with Gasteiger partial charge in [-0.05, 0) is 38.5 Å². The van der Waals surface area contributed by atoms with E-state index in [4.69, 9.17) is 4.52 Å². The highest BCUT2D eigenvalue weighted by molar-refractivity contribution is 6.14. The number of hydrogen-bond donors (Lipinski definition) is 1. The van der Waals surface area contributed by atoms with E-state index in [0.717, 1.165) is 17.5 Å². The van der Waals surface area contributed by atoms with Crippen molar-refractivity contribution >= 4 is 34.3 Å². The first-order valence-electron chi connectivity index (χ1n) is 10.6. The Bertz CT molecular complexity index is 1340. The first kappa shape index (κ1) is 19.9. The average Bonchev–Trinajstić information content (AvgIpc) is 3.39. The van der Waals surface area contributed by atoms with Gasteiger partial charge in [-0.3, -0.25) is 9.59 Å². The van der Waals surface area contributed by atoms with Crippen LogP contribution >= 0.6 is 0 Å². The Kier molecular flexibility index (Phi) is 4.93. The highest BCUT2D eigenvalue weighted by Gasteiger charge is 2.25. The molecular formula is C25H22N4O3. The number of anilines is 2. The molecule has 0 aliphatic carbocycles. The highest BCUT2D eigenvalue weighted by Crippen LogP contribution is 2.32. The molecule has 1 N–H and O–H groups in total. The van der Waals surface area contributed by atoms with Gasteiger partial charge in [0.25, 0.3) is 11.6 Å². The number of benzene rings is 2. The minimum absolute atomic E-state index is 0.0644. The van der Waals surface area contributed by atoms with Gasteiger partial charge in [0.15, 0.2) is 0 Å². The van der Waals surface area contributed by atoms with Crippen molar-refractivity contribution in [3.63, 3.8) is 0 Å². The lowest BCUT2D eigenvalue weighted by molar-refractivity contribution is -0.117. The molecule has 2 aromatic carbocycles. The average molecular weight is 426 g/mol. The number of amides is 2. The molecule has 2 aromatic heterocycles. The largest absolute Gasteiger partial charge is 0.335 e. The summed E-state index contributed by atoms with van der Waals surface area (Å²) in [4.78, 5) is 32.0. The van der Waals surface area contributed by atoms with E-state index >= 15 is 0 Å². The maximum absolute atomic E-state index is 13.5. The molecule has 160 valence electrons. The van der Waals surface area contributed by atoms with Crippen molar-refractivity contribution in [2.24, 2.45) is 0 Å². The molecule has 1 aliphatic heterocycles. The molecule has 1 aliphatic rings. The number of nitrogens with one attached hydrogen (secondary N) is 1. The van der Waals surface area contributed by atoms with Gasteiger partial charge in [0.2, 0.25) is 5.91 Å². The first-order valence-corrected chi connectivity index (χ1v) is 10.6. The van der Waals surface area contributed by atoms with Crippen LogP contribution in [0.5, 0.6) is 0 Å². The summed E-state index contributed by atoms with van der Waals surface area (Å²) in [6.07, 6.45) is 1.33. The number of aryl methyl sites for hydroxylation is 2. The Labute approximate surface area is 185 Å². The molecule has 0 saturated carbocycles. The summed E-state index contributed by atoms with van der Waals surface area (Å²) in [5.41, 5.74) is 5.26. The molecule has 0 unspecified atom stereocenters. The van der Waals surface area contributed by atoms with Crippen molar-refractivity contribution in [2.45, 2.75) is 26.7 Å². The van der Waals surface area contributed by atoms with Crippen molar-refractivity contribution in [2.75, 3.05) is 16.8 Å². The Morgan fingerprint density at radius 3 is 2.62 bits per heavy atom. The number of para-hydroxylation sites is 2. The molecular weight excluding hydrogens is 404 g/mol. The van der Waals surface area contributed by atoms with Gasteiger partial charge in [0, 0.05) is 18.5 Å². The minimum atomic E-state index is -0.309. The van der Waals surface area contributed by atoms with Gasteiger partial charge < -0.3 is 14.7 Å². The van der Waals surface area contributed by atoms with E-state index in [1.165, 1.54) is 0 Å². The molecule has 0 radical (unpaired) electrons. The van der Waals surface area contributed by atoms with E-state index in [0.29, 0.717) is 52.4 Å². The maximum Gasteiger partial charge on any atom is 0.259 e. The predicted octanol–water partition coefficient (Wildman–Crippen LogP) is 4.89. The van der Waals surface area contributed by atoms with Gasteiger partial charge >= 0.3 is 0 Å². The molecule has 1 saturated heterocycles. The molecule has 5 rings (SSSR count). The van der Waals surface area contributed by atoms with Gasteiger partial charge in [-0.15, -0.1) is 0 Å². The van der Waals surface area contributed by atoms with E-state index in [-0.39, 0.29) is 11.8 Å². The zero-order valence-electron chi connectivity index (χ0n) is 17.9. The standard InChI is InChI=1S/C25H22N4O3/c1-15-9-11-17(12-10-15)20-14-18(23-16(2)28-32-25(23)27-20)24(31)26-19-6-3-4-7-21(19)29-13-5-8-22(29)30/h3-4,6-7,9-12,14H,5,8,13H2,1-2H3,(H,26,31). The molecule has 0 spiro atoms. The Morgan fingerprint density at radius 1 is 1.09 bits per heavy atom. The molecule has 4 aromatic rings. The van der Waals surface area contributed by atoms with Crippen LogP contribution < -0.4 is 10.2 Å². The summed E-state index contributed by atoms with van der Waals surface area (Å²) in [6, 6.07) is 17.0. The van der Waals surface area contributed by atoms with Crippen LogP contribution in [0.15, 0.2) is 59.1 Å². The number of pyridine rings is 1. The van der Waals surface area contributed by atoms with E-state index in [9.17, 15) is 9.59 Å². The molecule has 1 fully saturated rings.